The van der Waals surface area contributed by atoms with Crippen molar-refractivity contribution < 1.29 is 8.78 Å². The molecule has 2 heterocycles. The van der Waals surface area contributed by atoms with Gasteiger partial charge in [0.05, 0.1) is 6.20 Å². The molecule has 0 amide bonds. The first kappa shape index (κ1) is 20.4. The fraction of sp³-hybridized carbons (Fsp3) is 0.435. The summed E-state index contributed by atoms with van der Waals surface area (Å²) in [6.07, 6.45) is 5.82. The molecule has 1 saturated carbocycles. The monoisotopic (exact) mass is 415 g/mol. The van der Waals surface area contributed by atoms with Gasteiger partial charge < -0.3 is 4.57 Å². The summed E-state index contributed by atoms with van der Waals surface area (Å²) in [5.74, 6) is -0.810. The van der Waals surface area contributed by atoms with Gasteiger partial charge in [0.1, 0.15) is 11.6 Å². The fourth-order valence-corrected chi connectivity index (χ4v) is 4.42. The molecule has 1 N–H and O–H groups in total. The molecule has 3 aromatic rings. The highest BCUT2D eigenvalue weighted by atomic mass is 32.2. The Hall–Kier alpha value is -1.92. The number of aryl methyl sites for hydroxylation is 1. The summed E-state index contributed by atoms with van der Waals surface area (Å²) in [6, 6.07) is 4.79. The van der Waals surface area contributed by atoms with Crippen LogP contribution in [0.15, 0.2) is 30.6 Å². The number of rotatable bonds is 6. The van der Waals surface area contributed by atoms with Gasteiger partial charge in [-0.3, -0.25) is 9.71 Å². The number of halogens is 2. The number of hydrogen-bond donors (Lipinski definition) is 1. The molecular formula is C23H27F2N3S. The third-order valence-corrected chi connectivity index (χ3v) is 6.19. The lowest BCUT2D eigenvalue weighted by molar-refractivity contribution is 0.349. The lowest BCUT2D eigenvalue weighted by Crippen LogP contribution is -2.14. The van der Waals surface area contributed by atoms with Crippen molar-refractivity contribution in [3.63, 3.8) is 0 Å². The van der Waals surface area contributed by atoms with Crippen LogP contribution in [0.2, 0.25) is 0 Å². The minimum absolute atomic E-state index is 0.0737. The van der Waals surface area contributed by atoms with E-state index in [1.54, 1.807) is 24.9 Å². The van der Waals surface area contributed by atoms with Gasteiger partial charge in [0.15, 0.2) is 0 Å². The lowest BCUT2D eigenvalue weighted by atomic mass is 9.96. The predicted molar refractivity (Wildman–Crippen MR) is 117 cm³/mol. The van der Waals surface area contributed by atoms with E-state index in [0.717, 1.165) is 23.0 Å². The first-order chi connectivity index (χ1) is 13.7. The molecule has 1 aliphatic rings. The van der Waals surface area contributed by atoms with E-state index in [1.807, 2.05) is 6.07 Å². The third kappa shape index (κ3) is 4.64. The van der Waals surface area contributed by atoms with Gasteiger partial charge in [0.25, 0.3) is 0 Å². The minimum atomic E-state index is -0.461. The van der Waals surface area contributed by atoms with Crippen LogP contribution in [0.25, 0.3) is 22.0 Å². The van der Waals surface area contributed by atoms with Crippen LogP contribution in [0.1, 0.15) is 44.9 Å². The van der Waals surface area contributed by atoms with Crippen LogP contribution in [-0.4, -0.2) is 14.8 Å². The van der Waals surface area contributed by atoms with Gasteiger partial charge in [-0.15, -0.1) is 0 Å². The summed E-state index contributed by atoms with van der Waals surface area (Å²) in [5, 5.41) is 1.62. The molecule has 4 rings (SSSR count). The maximum Gasteiger partial charge on any atom is 0.142 e. The molecule has 0 aliphatic heterocycles. The van der Waals surface area contributed by atoms with E-state index in [9.17, 15) is 4.39 Å². The molecule has 0 saturated heterocycles. The van der Waals surface area contributed by atoms with E-state index < -0.39 is 5.82 Å². The van der Waals surface area contributed by atoms with Crippen LogP contribution in [0.4, 0.5) is 8.78 Å². The first-order valence-electron chi connectivity index (χ1n) is 10.0. The van der Waals surface area contributed by atoms with Crippen molar-refractivity contribution in [1.29, 1.82) is 0 Å². The Morgan fingerprint density at radius 2 is 1.93 bits per heavy atom. The van der Waals surface area contributed by atoms with E-state index in [1.165, 1.54) is 25.1 Å². The van der Waals surface area contributed by atoms with Crippen LogP contribution in [-0.2, 0) is 13.1 Å². The summed E-state index contributed by atoms with van der Waals surface area (Å²) < 4.78 is 34.5. The van der Waals surface area contributed by atoms with Crippen LogP contribution >= 0.6 is 11.9 Å². The minimum Gasteiger partial charge on any atom is -0.347 e. The number of nitrogens with zero attached hydrogens (tertiary/aromatic N) is 2. The van der Waals surface area contributed by atoms with Gasteiger partial charge in [-0.2, -0.15) is 0 Å². The van der Waals surface area contributed by atoms with Gasteiger partial charge in [-0.1, -0.05) is 32.7 Å². The van der Waals surface area contributed by atoms with Gasteiger partial charge in [0.2, 0.25) is 0 Å². The smallest absolute Gasteiger partial charge is 0.142 e. The SMILES string of the molecule is Cc1ncc(F)cc1-c1cc2c(cc1F)c(CNSC1CC1)cn2CC(C)(C)C. The van der Waals surface area contributed by atoms with E-state index in [0.29, 0.717) is 28.6 Å². The van der Waals surface area contributed by atoms with Crippen molar-refractivity contribution in [2.45, 2.75) is 58.9 Å². The Labute approximate surface area is 175 Å². The quantitative estimate of drug-likeness (QED) is 0.484. The molecule has 0 spiro atoms. The Kier molecular flexibility index (Phi) is 5.42. The molecule has 0 bridgehead atoms. The molecule has 0 radical (unpaired) electrons. The van der Waals surface area contributed by atoms with Crippen LogP contribution < -0.4 is 4.72 Å². The number of pyridine rings is 1. The second kappa shape index (κ2) is 7.73. The zero-order valence-electron chi connectivity index (χ0n) is 17.4. The molecule has 0 atom stereocenters. The second-order valence-electron chi connectivity index (χ2n) is 9.12. The van der Waals surface area contributed by atoms with Crippen molar-refractivity contribution in [2.75, 3.05) is 0 Å². The molecular weight excluding hydrogens is 388 g/mol. The molecule has 29 heavy (non-hydrogen) atoms. The molecule has 6 heteroatoms. The zero-order chi connectivity index (χ0) is 20.8. The molecule has 1 aliphatic carbocycles. The maximum atomic E-state index is 15.1. The first-order valence-corrected chi connectivity index (χ1v) is 10.9. The standard InChI is InChI=1S/C23H27F2N3S/c1-14-18(7-16(24)11-26-14)20-9-22-19(8-21(20)25)15(10-27-29-17-5-6-17)12-28(22)13-23(2,3)4/h7-9,11-12,17,27H,5-6,10,13H2,1-4H3. The van der Waals surface area contributed by atoms with Crippen LogP contribution in [0.5, 0.6) is 0 Å². The maximum absolute atomic E-state index is 15.1. The highest BCUT2D eigenvalue weighted by Gasteiger charge is 2.23. The fourth-order valence-electron chi connectivity index (χ4n) is 3.58. The Balaban J connectivity index is 1.80. The molecule has 1 fully saturated rings. The van der Waals surface area contributed by atoms with Crippen molar-refractivity contribution >= 4 is 22.9 Å². The number of aromatic nitrogens is 2. The second-order valence-corrected chi connectivity index (χ2v) is 10.3. The Morgan fingerprint density at radius 1 is 1.17 bits per heavy atom. The number of fused-ring (bicyclic) bond motifs is 1. The average Bonchev–Trinajstić information content (AvgIpc) is 3.40. The van der Waals surface area contributed by atoms with Crippen molar-refractivity contribution in [3.8, 4) is 11.1 Å². The molecule has 1 aromatic carbocycles. The predicted octanol–water partition coefficient (Wildman–Crippen LogP) is 6.24. The largest absolute Gasteiger partial charge is 0.347 e. The average molecular weight is 416 g/mol. The molecule has 3 nitrogen and oxygen atoms in total. The molecule has 2 aromatic heterocycles. The highest BCUT2D eigenvalue weighted by molar-refractivity contribution is 7.98. The molecule has 154 valence electrons. The zero-order valence-corrected chi connectivity index (χ0v) is 18.2. The van der Waals surface area contributed by atoms with Gasteiger partial charge in [-0.05, 0) is 48.9 Å². The lowest BCUT2D eigenvalue weighted by Gasteiger charge is -2.20. The highest BCUT2D eigenvalue weighted by Crippen LogP contribution is 2.35. The van der Waals surface area contributed by atoms with Crippen molar-refractivity contribution in [1.82, 2.24) is 14.3 Å². The van der Waals surface area contributed by atoms with Gasteiger partial charge >= 0.3 is 0 Å². The summed E-state index contributed by atoms with van der Waals surface area (Å²) in [6.45, 7) is 9.83. The normalized spacial score (nSPS) is 14.7. The topological polar surface area (TPSA) is 29.9 Å². The summed E-state index contributed by atoms with van der Waals surface area (Å²) in [5.41, 5.74) is 3.62. The number of benzene rings is 1. The van der Waals surface area contributed by atoms with E-state index in [2.05, 4.69) is 41.2 Å². The Bertz CT molecular complexity index is 1050. The van der Waals surface area contributed by atoms with E-state index in [4.69, 9.17) is 0 Å². The van der Waals surface area contributed by atoms with Crippen molar-refractivity contribution in [3.05, 3.63) is 53.5 Å². The molecule has 0 unspecified atom stereocenters. The number of nitrogens with one attached hydrogen (secondary N) is 1. The summed E-state index contributed by atoms with van der Waals surface area (Å²) >= 11 is 1.77. The van der Waals surface area contributed by atoms with E-state index >= 15 is 4.39 Å². The van der Waals surface area contributed by atoms with Gasteiger partial charge in [0, 0.05) is 52.3 Å². The van der Waals surface area contributed by atoms with E-state index in [-0.39, 0.29) is 11.2 Å². The summed E-state index contributed by atoms with van der Waals surface area (Å²) in [7, 11) is 0. The number of hydrogen-bond acceptors (Lipinski definition) is 3. The Morgan fingerprint density at radius 3 is 2.62 bits per heavy atom. The summed E-state index contributed by atoms with van der Waals surface area (Å²) in [4.78, 5) is 4.06. The third-order valence-electron chi connectivity index (χ3n) is 5.08. The van der Waals surface area contributed by atoms with Crippen LogP contribution in [0, 0.1) is 24.0 Å². The van der Waals surface area contributed by atoms with Gasteiger partial charge in [-0.25, -0.2) is 8.78 Å². The van der Waals surface area contributed by atoms with Crippen LogP contribution in [0.3, 0.4) is 0 Å². The van der Waals surface area contributed by atoms with Crippen molar-refractivity contribution in [2.24, 2.45) is 5.41 Å².